The lowest BCUT2D eigenvalue weighted by atomic mass is 10.0. The van der Waals surface area contributed by atoms with Gasteiger partial charge in [0.1, 0.15) is 0 Å². The van der Waals surface area contributed by atoms with Crippen LogP contribution in [0.4, 0.5) is 0 Å². The molecule has 0 aliphatic heterocycles. The Bertz CT molecular complexity index is 673. The molecule has 0 saturated carbocycles. The molecule has 0 fully saturated rings. The van der Waals surface area contributed by atoms with E-state index in [4.69, 9.17) is 11.6 Å². The fraction of sp³-hybridized carbons (Fsp3) is 0. The van der Waals surface area contributed by atoms with Gasteiger partial charge in [-0.3, -0.25) is 0 Å². The van der Waals surface area contributed by atoms with Crippen molar-refractivity contribution in [3.05, 3.63) is 58.2 Å². The lowest BCUT2D eigenvalue weighted by Gasteiger charge is -2.05. The SMILES string of the molecule is Clc1c[nH]c2c(Br)ccc(-c3ccccc3)c12. The number of H-pyrrole nitrogens is 1. The number of nitrogens with one attached hydrogen (secondary N) is 1. The maximum Gasteiger partial charge on any atom is 0.0665 e. The molecule has 84 valence electrons. The molecular weight excluding hydrogens is 298 g/mol. The fourth-order valence-electron chi connectivity index (χ4n) is 2.03. The van der Waals surface area contributed by atoms with E-state index >= 15 is 0 Å². The predicted octanol–water partition coefficient (Wildman–Crippen LogP) is 5.25. The molecule has 1 heterocycles. The van der Waals surface area contributed by atoms with Crippen LogP contribution in [0.3, 0.4) is 0 Å². The summed E-state index contributed by atoms with van der Waals surface area (Å²) in [5.41, 5.74) is 3.36. The van der Waals surface area contributed by atoms with Crippen molar-refractivity contribution < 1.29 is 0 Å². The molecule has 0 bridgehead atoms. The number of aromatic amines is 1. The number of halogens is 2. The van der Waals surface area contributed by atoms with Gasteiger partial charge in [-0.2, -0.15) is 0 Å². The van der Waals surface area contributed by atoms with Crippen molar-refractivity contribution in [3.63, 3.8) is 0 Å². The molecule has 0 atom stereocenters. The van der Waals surface area contributed by atoms with Crippen LogP contribution in [-0.2, 0) is 0 Å². The minimum atomic E-state index is 0.750. The smallest absolute Gasteiger partial charge is 0.0665 e. The molecule has 0 aliphatic rings. The van der Waals surface area contributed by atoms with Crippen LogP contribution in [0, 0.1) is 0 Å². The van der Waals surface area contributed by atoms with Crippen LogP contribution in [0.1, 0.15) is 0 Å². The Morgan fingerprint density at radius 3 is 2.53 bits per heavy atom. The summed E-state index contributed by atoms with van der Waals surface area (Å²) in [4.78, 5) is 3.19. The number of aromatic nitrogens is 1. The van der Waals surface area contributed by atoms with Gasteiger partial charge in [0, 0.05) is 16.1 Å². The molecule has 0 spiro atoms. The van der Waals surface area contributed by atoms with Gasteiger partial charge in [-0.15, -0.1) is 0 Å². The summed E-state index contributed by atoms with van der Waals surface area (Å²) in [5.74, 6) is 0. The van der Waals surface area contributed by atoms with Crippen molar-refractivity contribution in [1.29, 1.82) is 0 Å². The molecule has 3 rings (SSSR count). The molecule has 3 aromatic rings. The topological polar surface area (TPSA) is 15.8 Å². The first-order chi connectivity index (χ1) is 8.27. The van der Waals surface area contributed by atoms with Crippen LogP contribution >= 0.6 is 27.5 Å². The second-order valence-corrected chi connectivity index (χ2v) is 5.11. The lowest BCUT2D eigenvalue weighted by Crippen LogP contribution is -1.80. The zero-order chi connectivity index (χ0) is 11.8. The Morgan fingerprint density at radius 2 is 1.76 bits per heavy atom. The average Bonchev–Trinajstić information content (AvgIpc) is 2.75. The number of hydrogen-bond donors (Lipinski definition) is 1. The van der Waals surface area contributed by atoms with Crippen LogP contribution in [0.25, 0.3) is 22.0 Å². The van der Waals surface area contributed by atoms with E-state index in [0.29, 0.717) is 0 Å². The van der Waals surface area contributed by atoms with Crippen LogP contribution in [-0.4, -0.2) is 4.98 Å². The quantitative estimate of drug-likeness (QED) is 0.632. The Morgan fingerprint density at radius 1 is 1.00 bits per heavy atom. The molecule has 1 N–H and O–H groups in total. The van der Waals surface area contributed by atoms with Gasteiger partial charge in [0.25, 0.3) is 0 Å². The third-order valence-electron chi connectivity index (χ3n) is 2.82. The normalized spacial score (nSPS) is 10.9. The highest BCUT2D eigenvalue weighted by molar-refractivity contribution is 9.10. The molecule has 0 saturated heterocycles. The van der Waals surface area contributed by atoms with Crippen molar-refractivity contribution in [2.75, 3.05) is 0 Å². The third-order valence-corrected chi connectivity index (χ3v) is 3.78. The third kappa shape index (κ3) is 1.78. The predicted molar refractivity (Wildman–Crippen MR) is 76.4 cm³/mol. The molecule has 1 aromatic heterocycles. The molecule has 0 aliphatic carbocycles. The van der Waals surface area contributed by atoms with Crippen LogP contribution in [0.2, 0.25) is 5.02 Å². The van der Waals surface area contributed by atoms with Crippen LogP contribution in [0.15, 0.2) is 53.1 Å². The number of hydrogen-bond acceptors (Lipinski definition) is 0. The lowest BCUT2D eigenvalue weighted by molar-refractivity contribution is 1.46. The van der Waals surface area contributed by atoms with Crippen molar-refractivity contribution in [2.24, 2.45) is 0 Å². The molecule has 0 amide bonds. The number of fused-ring (bicyclic) bond motifs is 1. The van der Waals surface area contributed by atoms with E-state index < -0.39 is 0 Å². The molecule has 0 radical (unpaired) electrons. The monoisotopic (exact) mass is 305 g/mol. The van der Waals surface area contributed by atoms with E-state index in [1.54, 1.807) is 0 Å². The van der Waals surface area contributed by atoms with Gasteiger partial charge in [-0.1, -0.05) is 48.0 Å². The first-order valence-electron chi connectivity index (χ1n) is 5.28. The zero-order valence-electron chi connectivity index (χ0n) is 8.87. The number of rotatable bonds is 1. The van der Waals surface area contributed by atoms with Gasteiger partial charge in [-0.05, 0) is 33.1 Å². The van der Waals surface area contributed by atoms with Gasteiger partial charge in [-0.25, -0.2) is 0 Å². The second kappa shape index (κ2) is 4.21. The Kier molecular flexibility index (Phi) is 2.69. The van der Waals surface area contributed by atoms with E-state index in [9.17, 15) is 0 Å². The average molecular weight is 307 g/mol. The van der Waals surface area contributed by atoms with Crippen LogP contribution in [0.5, 0.6) is 0 Å². The highest BCUT2D eigenvalue weighted by atomic mass is 79.9. The summed E-state index contributed by atoms with van der Waals surface area (Å²) in [6.45, 7) is 0. The van der Waals surface area contributed by atoms with E-state index in [1.807, 2.05) is 30.5 Å². The maximum atomic E-state index is 6.25. The summed E-state index contributed by atoms with van der Waals surface area (Å²) < 4.78 is 1.03. The molecule has 1 nitrogen and oxygen atoms in total. The Balaban J connectivity index is 2.38. The molecular formula is C14H9BrClN. The van der Waals surface area contributed by atoms with Gasteiger partial charge in [0.05, 0.1) is 10.5 Å². The van der Waals surface area contributed by atoms with Crippen molar-refractivity contribution in [3.8, 4) is 11.1 Å². The summed E-state index contributed by atoms with van der Waals surface area (Å²) in [6, 6.07) is 14.4. The van der Waals surface area contributed by atoms with Crippen molar-refractivity contribution in [1.82, 2.24) is 4.98 Å². The summed E-state index contributed by atoms with van der Waals surface area (Å²) in [6.07, 6.45) is 1.82. The van der Waals surface area contributed by atoms with Crippen LogP contribution < -0.4 is 0 Å². The first kappa shape index (κ1) is 10.9. The summed E-state index contributed by atoms with van der Waals surface area (Å²) >= 11 is 9.77. The standard InChI is InChI=1S/C14H9BrClN/c15-11-7-6-10(9-4-2-1-3-5-9)13-12(16)8-17-14(11)13/h1-8,17H. The van der Waals surface area contributed by atoms with E-state index in [0.717, 1.165) is 26.0 Å². The Labute approximate surface area is 113 Å². The minimum absolute atomic E-state index is 0.750. The summed E-state index contributed by atoms with van der Waals surface area (Å²) in [5, 5.41) is 1.81. The maximum absolute atomic E-state index is 6.25. The molecule has 17 heavy (non-hydrogen) atoms. The first-order valence-corrected chi connectivity index (χ1v) is 6.45. The molecule has 3 heteroatoms. The molecule has 0 unspecified atom stereocenters. The van der Waals surface area contributed by atoms with Gasteiger partial charge < -0.3 is 4.98 Å². The zero-order valence-corrected chi connectivity index (χ0v) is 11.2. The second-order valence-electron chi connectivity index (χ2n) is 3.85. The highest BCUT2D eigenvalue weighted by Gasteiger charge is 2.11. The summed E-state index contributed by atoms with van der Waals surface area (Å²) in [7, 11) is 0. The largest absolute Gasteiger partial charge is 0.359 e. The van der Waals surface area contributed by atoms with E-state index in [-0.39, 0.29) is 0 Å². The Hall–Kier alpha value is -1.25. The minimum Gasteiger partial charge on any atom is -0.359 e. The fourth-order valence-corrected chi connectivity index (χ4v) is 2.73. The van der Waals surface area contributed by atoms with E-state index in [2.05, 4.69) is 39.1 Å². The highest BCUT2D eigenvalue weighted by Crippen LogP contribution is 2.36. The van der Waals surface area contributed by atoms with Gasteiger partial charge >= 0.3 is 0 Å². The van der Waals surface area contributed by atoms with Gasteiger partial charge in [0.2, 0.25) is 0 Å². The van der Waals surface area contributed by atoms with Crippen molar-refractivity contribution in [2.45, 2.75) is 0 Å². The molecule has 2 aromatic carbocycles. The number of benzene rings is 2. The van der Waals surface area contributed by atoms with E-state index in [1.165, 1.54) is 5.56 Å². The van der Waals surface area contributed by atoms with Crippen molar-refractivity contribution >= 4 is 38.4 Å². The van der Waals surface area contributed by atoms with Gasteiger partial charge in [0.15, 0.2) is 0 Å².